The van der Waals surface area contributed by atoms with E-state index in [4.69, 9.17) is 9.47 Å². The predicted octanol–water partition coefficient (Wildman–Crippen LogP) is 4.08. The van der Waals surface area contributed by atoms with Crippen molar-refractivity contribution in [2.75, 3.05) is 18.5 Å². The Morgan fingerprint density at radius 2 is 1.86 bits per heavy atom. The fourth-order valence-corrected chi connectivity index (χ4v) is 4.96. The molecule has 3 nitrogen and oxygen atoms in total. The molecule has 2 aliphatic carbocycles. The minimum atomic E-state index is 0.361. The lowest BCUT2D eigenvalue weighted by molar-refractivity contribution is 0.155. The molecule has 0 aromatic heterocycles. The SMILES string of the molecule is CC12CCC(C1)C(C)(C)C2Nc1ccc2c(c1)OCCO2. The predicted molar refractivity (Wildman–Crippen MR) is 84.1 cm³/mol. The highest BCUT2D eigenvalue weighted by Crippen LogP contribution is 2.63. The Hall–Kier alpha value is -1.38. The van der Waals surface area contributed by atoms with Crippen LogP contribution in [-0.2, 0) is 0 Å². The van der Waals surface area contributed by atoms with Gasteiger partial charge in [-0.1, -0.05) is 20.8 Å². The van der Waals surface area contributed by atoms with Crippen LogP contribution in [-0.4, -0.2) is 19.3 Å². The molecular formula is C18H25NO2. The first-order valence-corrected chi connectivity index (χ1v) is 8.15. The lowest BCUT2D eigenvalue weighted by Gasteiger charge is -2.43. The van der Waals surface area contributed by atoms with Gasteiger partial charge in [0.15, 0.2) is 11.5 Å². The zero-order valence-corrected chi connectivity index (χ0v) is 13.2. The molecule has 21 heavy (non-hydrogen) atoms. The molecule has 3 atom stereocenters. The molecule has 1 aromatic rings. The summed E-state index contributed by atoms with van der Waals surface area (Å²) in [6, 6.07) is 6.78. The van der Waals surface area contributed by atoms with E-state index >= 15 is 0 Å². The Kier molecular flexibility index (Phi) is 2.73. The van der Waals surface area contributed by atoms with Crippen LogP contribution in [0.4, 0.5) is 5.69 Å². The molecule has 1 N–H and O–H groups in total. The molecule has 1 heterocycles. The fraction of sp³-hybridized carbons (Fsp3) is 0.667. The number of hydrogen-bond donors (Lipinski definition) is 1. The molecule has 1 aliphatic heterocycles. The maximum Gasteiger partial charge on any atom is 0.163 e. The van der Waals surface area contributed by atoms with E-state index in [1.807, 2.05) is 6.07 Å². The molecule has 3 aliphatic rings. The van der Waals surface area contributed by atoms with Crippen LogP contribution in [0.1, 0.15) is 40.0 Å². The first-order valence-electron chi connectivity index (χ1n) is 8.15. The second kappa shape index (κ2) is 4.31. The Bertz CT molecular complexity index is 564. The largest absolute Gasteiger partial charge is 0.486 e. The molecule has 1 aromatic carbocycles. The monoisotopic (exact) mass is 287 g/mol. The molecule has 0 spiro atoms. The Balaban J connectivity index is 1.61. The highest BCUT2D eigenvalue weighted by molar-refractivity contribution is 5.56. The van der Waals surface area contributed by atoms with Gasteiger partial charge in [0, 0.05) is 17.8 Å². The molecule has 4 rings (SSSR count). The summed E-state index contributed by atoms with van der Waals surface area (Å²) in [4.78, 5) is 0. The van der Waals surface area contributed by atoms with Crippen molar-refractivity contribution < 1.29 is 9.47 Å². The van der Waals surface area contributed by atoms with Crippen LogP contribution in [0, 0.1) is 16.7 Å². The molecule has 3 unspecified atom stereocenters. The van der Waals surface area contributed by atoms with E-state index in [0.29, 0.717) is 30.1 Å². The minimum absolute atomic E-state index is 0.361. The molecule has 3 heteroatoms. The molecule has 2 bridgehead atoms. The van der Waals surface area contributed by atoms with E-state index in [2.05, 4.69) is 38.2 Å². The summed E-state index contributed by atoms with van der Waals surface area (Å²) in [6.07, 6.45) is 4.11. The first-order chi connectivity index (χ1) is 9.99. The Morgan fingerprint density at radius 1 is 1.10 bits per heavy atom. The van der Waals surface area contributed by atoms with Crippen molar-refractivity contribution in [3.63, 3.8) is 0 Å². The normalized spacial score (nSPS) is 35.8. The van der Waals surface area contributed by atoms with Gasteiger partial charge in [0.1, 0.15) is 13.2 Å². The van der Waals surface area contributed by atoms with Crippen molar-refractivity contribution in [3.8, 4) is 11.5 Å². The number of nitrogens with one attached hydrogen (secondary N) is 1. The van der Waals surface area contributed by atoms with Crippen LogP contribution in [0.3, 0.4) is 0 Å². The smallest absolute Gasteiger partial charge is 0.163 e. The maximum atomic E-state index is 5.70. The highest BCUT2D eigenvalue weighted by atomic mass is 16.6. The molecular weight excluding hydrogens is 262 g/mol. The summed E-state index contributed by atoms with van der Waals surface area (Å²) in [5.74, 6) is 2.60. The molecule has 2 fully saturated rings. The molecule has 2 saturated carbocycles. The average molecular weight is 287 g/mol. The zero-order chi connectivity index (χ0) is 14.7. The van der Waals surface area contributed by atoms with Gasteiger partial charge in [-0.05, 0) is 48.1 Å². The van der Waals surface area contributed by atoms with Gasteiger partial charge in [0.25, 0.3) is 0 Å². The fourth-order valence-electron chi connectivity index (χ4n) is 4.96. The van der Waals surface area contributed by atoms with Crippen LogP contribution >= 0.6 is 0 Å². The quantitative estimate of drug-likeness (QED) is 0.889. The van der Waals surface area contributed by atoms with E-state index in [1.165, 1.54) is 19.3 Å². The van der Waals surface area contributed by atoms with E-state index in [9.17, 15) is 0 Å². The number of fused-ring (bicyclic) bond motifs is 3. The molecule has 0 amide bonds. The van der Waals surface area contributed by atoms with Crippen LogP contribution in [0.25, 0.3) is 0 Å². The van der Waals surface area contributed by atoms with Crippen molar-refractivity contribution in [3.05, 3.63) is 18.2 Å². The topological polar surface area (TPSA) is 30.5 Å². The van der Waals surface area contributed by atoms with Gasteiger partial charge in [0.2, 0.25) is 0 Å². The summed E-state index contributed by atoms with van der Waals surface area (Å²) in [5, 5.41) is 3.82. The summed E-state index contributed by atoms with van der Waals surface area (Å²) >= 11 is 0. The lowest BCUT2D eigenvalue weighted by Crippen LogP contribution is -2.45. The summed E-state index contributed by atoms with van der Waals surface area (Å²) in [5.41, 5.74) is 1.95. The third-order valence-corrected chi connectivity index (χ3v) is 6.12. The van der Waals surface area contributed by atoms with Crippen molar-refractivity contribution in [1.82, 2.24) is 0 Å². The number of anilines is 1. The van der Waals surface area contributed by atoms with Gasteiger partial charge in [0.05, 0.1) is 0 Å². The minimum Gasteiger partial charge on any atom is -0.486 e. The number of ether oxygens (including phenoxy) is 2. The second-order valence-corrected chi connectivity index (χ2v) is 7.85. The van der Waals surface area contributed by atoms with Gasteiger partial charge in [-0.25, -0.2) is 0 Å². The van der Waals surface area contributed by atoms with E-state index in [1.54, 1.807) is 0 Å². The van der Waals surface area contributed by atoms with Crippen molar-refractivity contribution in [2.24, 2.45) is 16.7 Å². The third-order valence-electron chi connectivity index (χ3n) is 6.12. The Labute approximate surface area is 127 Å². The molecule has 0 radical (unpaired) electrons. The lowest BCUT2D eigenvalue weighted by atomic mass is 9.68. The standard InChI is InChI=1S/C18H25NO2/c1-17(2)12-6-7-18(3,11-12)16(17)19-13-4-5-14-15(10-13)21-9-8-20-14/h4-5,10,12,16,19H,6-9,11H2,1-3H3. The van der Waals surface area contributed by atoms with E-state index in [0.717, 1.165) is 23.1 Å². The van der Waals surface area contributed by atoms with Crippen LogP contribution in [0.5, 0.6) is 11.5 Å². The summed E-state index contributed by atoms with van der Waals surface area (Å²) in [7, 11) is 0. The number of hydrogen-bond acceptors (Lipinski definition) is 3. The summed E-state index contributed by atoms with van der Waals surface area (Å²) < 4.78 is 11.3. The van der Waals surface area contributed by atoms with E-state index in [-0.39, 0.29) is 0 Å². The third kappa shape index (κ3) is 1.93. The van der Waals surface area contributed by atoms with Crippen LogP contribution < -0.4 is 14.8 Å². The van der Waals surface area contributed by atoms with Crippen LogP contribution in [0.2, 0.25) is 0 Å². The maximum absolute atomic E-state index is 5.70. The van der Waals surface area contributed by atoms with Crippen molar-refractivity contribution in [2.45, 2.75) is 46.1 Å². The number of rotatable bonds is 2. The van der Waals surface area contributed by atoms with Gasteiger partial charge < -0.3 is 14.8 Å². The van der Waals surface area contributed by atoms with Crippen molar-refractivity contribution in [1.29, 1.82) is 0 Å². The average Bonchev–Trinajstić information content (AvgIpc) is 2.95. The number of benzene rings is 1. The second-order valence-electron chi connectivity index (χ2n) is 7.85. The van der Waals surface area contributed by atoms with E-state index < -0.39 is 0 Å². The van der Waals surface area contributed by atoms with Gasteiger partial charge in [-0.15, -0.1) is 0 Å². The molecule has 0 saturated heterocycles. The Morgan fingerprint density at radius 3 is 2.57 bits per heavy atom. The summed E-state index contributed by atoms with van der Waals surface area (Å²) in [6.45, 7) is 8.60. The molecule has 114 valence electrons. The van der Waals surface area contributed by atoms with Gasteiger partial charge in [-0.3, -0.25) is 0 Å². The van der Waals surface area contributed by atoms with Crippen molar-refractivity contribution >= 4 is 5.69 Å². The first kappa shape index (κ1) is 13.3. The zero-order valence-electron chi connectivity index (χ0n) is 13.2. The van der Waals surface area contributed by atoms with Gasteiger partial charge in [-0.2, -0.15) is 0 Å². The van der Waals surface area contributed by atoms with Crippen LogP contribution in [0.15, 0.2) is 18.2 Å². The highest BCUT2D eigenvalue weighted by Gasteiger charge is 2.59. The van der Waals surface area contributed by atoms with Gasteiger partial charge >= 0.3 is 0 Å².